The number of hydrogen-bond donors (Lipinski definition) is 0. The maximum absolute atomic E-state index is 11.2. The fourth-order valence-corrected chi connectivity index (χ4v) is 5.24. The van der Waals surface area contributed by atoms with E-state index >= 15 is 0 Å². The number of esters is 1. The molecule has 1 saturated heterocycles. The van der Waals surface area contributed by atoms with E-state index in [0.717, 1.165) is 61.9 Å². The third kappa shape index (κ3) is 5.97. The smallest absolute Gasteiger partial charge is 0.302 e. The van der Waals surface area contributed by atoms with E-state index in [-0.39, 0.29) is 24.6 Å². The predicted octanol–water partition coefficient (Wildman–Crippen LogP) is 3.59. The Labute approximate surface area is 218 Å². The van der Waals surface area contributed by atoms with E-state index < -0.39 is 0 Å². The fourth-order valence-electron chi connectivity index (χ4n) is 5.24. The third-order valence-corrected chi connectivity index (χ3v) is 7.18. The van der Waals surface area contributed by atoms with Gasteiger partial charge in [0.25, 0.3) is 0 Å². The Kier molecular flexibility index (Phi) is 7.76. The van der Waals surface area contributed by atoms with Crippen LogP contribution in [0.1, 0.15) is 30.5 Å². The summed E-state index contributed by atoms with van der Waals surface area (Å²) >= 11 is 0. The van der Waals surface area contributed by atoms with Gasteiger partial charge in [0.1, 0.15) is 30.4 Å². The van der Waals surface area contributed by atoms with Crippen molar-refractivity contribution in [3.05, 3.63) is 64.7 Å². The Bertz CT molecular complexity index is 1170. The summed E-state index contributed by atoms with van der Waals surface area (Å²) in [7, 11) is 1.61. The van der Waals surface area contributed by atoms with Crippen LogP contribution in [0, 0.1) is 5.92 Å². The molecule has 8 heteroatoms. The molecule has 5 rings (SSSR count). The van der Waals surface area contributed by atoms with Crippen LogP contribution in [0.2, 0.25) is 0 Å². The summed E-state index contributed by atoms with van der Waals surface area (Å²) in [5.41, 5.74) is 5.18. The van der Waals surface area contributed by atoms with Gasteiger partial charge < -0.3 is 19.0 Å². The zero-order chi connectivity index (χ0) is 25.8. The summed E-state index contributed by atoms with van der Waals surface area (Å²) in [6.07, 6.45) is 2.23. The van der Waals surface area contributed by atoms with Gasteiger partial charge in [-0.05, 0) is 24.6 Å². The number of piperazine rings is 1. The van der Waals surface area contributed by atoms with E-state index in [9.17, 15) is 4.79 Å². The largest absolute Gasteiger partial charge is 0.496 e. The molecule has 3 aliphatic heterocycles. The summed E-state index contributed by atoms with van der Waals surface area (Å²) in [5.74, 6) is 1.10. The molecule has 0 radical (unpaired) electrons. The standard InChI is InChI=1S/C29H35N3O5/c1-20(13-22-7-5-4-6-8-22)16-31-9-11-32(12-10-31)17-28-25-19-36-27-14-23(18-35-21(2)33)26(34-3)15-24(27)29(25)30-37-28/h4-8,13-15,25,28H,9-12,16-19H2,1-3H3. The molecule has 0 bridgehead atoms. The van der Waals surface area contributed by atoms with Crippen LogP contribution >= 0.6 is 0 Å². The van der Waals surface area contributed by atoms with Crippen LogP contribution in [0.3, 0.4) is 0 Å². The van der Waals surface area contributed by atoms with E-state index in [1.54, 1.807) is 7.11 Å². The molecule has 0 aromatic heterocycles. The number of fused-ring (bicyclic) bond motifs is 3. The second-order valence-electron chi connectivity index (χ2n) is 9.96. The number of carbonyl (C=O) groups excluding carboxylic acids is 1. The van der Waals surface area contributed by atoms with Crippen molar-refractivity contribution in [1.29, 1.82) is 0 Å². The molecule has 2 aromatic carbocycles. The molecule has 2 aromatic rings. The molecule has 0 saturated carbocycles. The van der Waals surface area contributed by atoms with Crippen LogP contribution in [0.25, 0.3) is 6.08 Å². The van der Waals surface area contributed by atoms with Gasteiger partial charge in [-0.25, -0.2) is 0 Å². The van der Waals surface area contributed by atoms with E-state index in [1.165, 1.54) is 18.1 Å². The maximum atomic E-state index is 11.2. The fraction of sp³-hybridized carbons (Fsp3) is 0.448. The van der Waals surface area contributed by atoms with Crippen LogP contribution in [0.15, 0.2) is 53.2 Å². The van der Waals surface area contributed by atoms with Gasteiger partial charge in [-0.15, -0.1) is 0 Å². The molecule has 0 amide bonds. The number of ether oxygens (including phenoxy) is 3. The van der Waals surface area contributed by atoms with Crippen LogP contribution < -0.4 is 9.47 Å². The van der Waals surface area contributed by atoms with E-state index in [0.29, 0.717) is 12.4 Å². The first-order valence-corrected chi connectivity index (χ1v) is 12.9. The van der Waals surface area contributed by atoms with Crippen molar-refractivity contribution in [2.75, 3.05) is 53.0 Å². The molecule has 196 valence electrons. The van der Waals surface area contributed by atoms with Gasteiger partial charge in [0.05, 0.1) is 13.0 Å². The highest BCUT2D eigenvalue weighted by Gasteiger charge is 2.41. The van der Waals surface area contributed by atoms with Crippen LogP contribution in [0.5, 0.6) is 11.5 Å². The van der Waals surface area contributed by atoms with E-state index in [4.69, 9.17) is 19.0 Å². The van der Waals surface area contributed by atoms with Gasteiger partial charge in [0.15, 0.2) is 6.10 Å². The van der Waals surface area contributed by atoms with Crippen molar-refractivity contribution in [3.63, 3.8) is 0 Å². The highest BCUT2D eigenvalue weighted by molar-refractivity contribution is 6.06. The molecular formula is C29H35N3O5. The van der Waals surface area contributed by atoms with Gasteiger partial charge in [0, 0.05) is 57.3 Å². The number of hydrogen-bond acceptors (Lipinski definition) is 8. The molecule has 3 heterocycles. The quantitative estimate of drug-likeness (QED) is 0.508. The molecule has 8 nitrogen and oxygen atoms in total. The van der Waals surface area contributed by atoms with Gasteiger partial charge in [-0.3, -0.25) is 14.6 Å². The lowest BCUT2D eigenvalue weighted by Gasteiger charge is -2.36. The zero-order valence-corrected chi connectivity index (χ0v) is 21.8. The van der Waals surface area contributed by atoms with Crippen molar-refractivity contribution >= 4 is 17.8 Å². The topological polar surface area (TPSA) is 72.8 Å². The zero-order valence-electron chi connectivity index (χ0n) is 21.8. The molecule has 2 unspecified atom stereocenters. The Balaban J connectivity index is 1.16. The van der Waals surface area contributed by atoms with Gasteiger partial charge >= 0.3 is 5.97 Å². The van der Waals surface area contributed by atoms with Crippen molar-refractivity contribution in [2.45, 2.75) is 26.6 Å². The Hall–Kier alpha value is -3.36. The Morgan fingerprint density at radius 2 is 1.86 bits per heavy atom. The minimum Gasteiger partial charge on any atom is -0.496 e. The minimum atomic E-state index is -0.336. The van der Waals surface area contributed by atoms with Crippen molar-refractivity contribution in [1.82, 2.24) is 9.80 Å². The second kappa shape index (κ2) is 11.4. The average molecular weight is 506 g/mol. The summed E-state index contributed by atoms with van der Waals surface area (Å²) in [4.78, 5) is 22.2. The van der Waals surface area contributed by atoms with Gasteiger partial charge in [-0.1, -0.05) is 47.1 Å². The first-order chi connectivity index (χ1) is 18.0. The van der Waals surface area contributed by atoms with Gasteiger partial charge in [-0.2, -0.15) is 0 Å². The monoisotopic (exact) mass is 505 g/mol. The molecule has 2 atom stereocenters. The maximum Gasteiger partial charge on any atom is 0.302 e. The summed E-state index contributed by atoms with van der Waals surface area (Å²) in [6, 6.07) is 14.3. The molecule has 3 aliphatic rings. The van der Waals surface area contributed by atoms with Crippen LogP contribution in [-0.4, -0.2) is 80.6 Å². The third-order valence-electron chi connectivity index (χ3n) is 7.18. The van der Waals surface area contributed by atoms with Crippen molar-refractivity contribution < 1.29 is 23.8 Å². The lowest BCUT2D eigenvalue weighted by Crippen LogP contribution is -2.50. The molecule has 0 spiro atoms. The second-order valence-corrected chi connectivity index (χ2v) is 9.96. The van der Waals surface area contributed by atoms with Crippen LogP contribution in [0.4, 0.5) is 0 Å². The number of methoxy groups -OCH3 is 1. The number of nitrogens with zero attached hydrogens (tertiary/aromatic N) is 3. The summed E-state index contributed by atoms with van der Waals surface area (Å²) in [6.45, 7) is 10.1. The molecule has 37 heavy (non-hydrogen) atoms. The van der Waals surface area contributed by atoms with Crippen molar-refractivity contribution in [2.24, 2.45) is 11.1 Å². The van der Waals surface area contributed by atoms with E-state index in [1.807, 2.05) is 18.2 Å². The van der Waals surface area contributed by atoms with Crippen molar-refractivity contribution in [3.8, 4) is 11.5 Å². The summed E-state index contributed by atoms with van der Waals surface area (Å²) < 4.78 is 16.8. The number of rotatable bonds is 8. The number of oxime groups is 1. The lowest BCUT2D eigenvalue weighted by atomic mass is 9.89. The molecule has 0 N–H and O–H groups in total. The Morgan fingerprint density at radius 1 is 1.11 bits per heavy atom. The normalized spacial score (nSPS) is 21.8. The van der Waals surface area contributed by atoms with Crippen LogP contribution in [-0.2, 0) is 21.0 Å². The average Bonchev–Trinajstić information content (AvgIpc) is 3.31. The molecular weight excluding hydrogens is 470 g/mol. The van der Waals surface area contributed by atoms with E-state index in [2.05, 4.69) is 52.2 Å². The highest BCUT2D eigenvalue weighted by Crippen LogP contribution is 2.38. The first-order valence-electron chi connectivity index (χ1n) is 12.9. The molecule has 0 aliphatic carbocycles. The highest BCUT2D eigenvalue weighted by atomic mass is 16.6. The lowest BCUT2D eigenvalue weighted by molar-refractivity contribution is -0.142. The minimum absolute atomic E-state index is 0.0406. The van der Waals surface area contributed by atoms with Gasteiger partial charge in [0.2, 0.25) is 0 Å². The number of carbonyl (C=O) groups is 1. The first kappa shape index (κ1) is 25.3. The summed E-state index contributed by atoms with van der Waals surface area (Å²) in [5, 5.41) is 4.47. The number of benzene rings is 2. The SMILES string of the molecule is COc1cc2c(cc1COC(C)=O)OCC1C2=NOC1CN1CCN(CC(C)=Cc2ccccc2)CC1. The Morgan fingerprint density at radius 3 is 2.59 bits per heavy atom. The molecule has 1 fully saturated rings. The predicted molar refractivity (Wildman–Crippen MR) is 142 cm³/mol.